The molecule has 1 nitrogen and oxygen atoms in total. The van der Waals surface area contributed by atoms with Crippen LogP contribution in [0.4, 0.5) is 22.0 Å². The lowest BCUT2D eigenvalue weighted by Gasteiger charge is -2.38. The van der Waals surface area contributed by atoms with Crippen LogP contribution in [0.3, 0.4) is 0 Å². The summed E-state index contributed by atoms with van der Waals surface area (Å²) in [6.07, 6.45) is 11.6. The maximum absolute atomic E-state index is 14.6. The molecule has 2 aliphatic rings. The Balaban J connectivity index is 1.28. The van der Waals surface area contributed by atoms with E-state index in [1.54, 1.807) is 12.1 Å². The van der Waals surface area contributed by atoms with Gasteiger partial charge in [-0.3, -0.25) is 0 Å². The number of hydrogen-bond acceptors (Lipinski definition) is 1. The molecule has 0 amide bonds. The second-order valence-electron chi connectivity index (χ2n) is 10.8. The van der Waals surface area contributed by atoms with Crippen molar-refractivity contribution in [3.8, 4) is 5.75 Å². The fourth-order valence-electron chi connectivity index (χ4n) is 6.30. The van der Waals surface area contributed by atoms with Crippen molar-refractivity contribution in [1.82, 2.24) is 0 Å². The van der Waals surface area contributed by atoms with Crippen LogP contribution < -0.4 is 4.74 Å². The van der Waals surface area contributed by atoms with Gasteiger partial charge in [0, 0.05) is 12.1 Å². The molecule has 6 heteroatoms. The summed E-state index contributed by atoms with van der Waals surface area (Å²) in [7, 11) is 0. The van der Waals surface area contributed by atoms with Crippen molar-refractivity contribution < 1.29 is 26.7 Å². The number of benzene rings is 2. The smallest absolute Gasteiger partial charge is 0.426 e. The van der Waals surface area contributed by atoms with Crippen molar-refractivity contribution in [2.24, 2.45) is 17.8 Å². The third-order valence-corrected chi connectivity index (χ3v) is 8.47. The molecule has 0 saturated heterocycles. The van der Waals surface area contributed by atoms with Crippen molar-refractivity contribution in [2.45, 2.75) is 96.0 Å². The molecule has 198 valence electrons. The van der Waals surface area contributed by atoms with Gasteiger partial charge < -0.3 is 4.74 Å². The van der Waals surface area contributed by atoms with Gasteiger partial charge in [0.25, 0.3) is 0 Å². The van der Waals surface area contributed by atoms with Gasteiger partial charge in [0.15, 0.2) is 17.5 Å². The highest BCUT2D eigenvalue weighted by atomic mass is 19.3. The molecular weight excluding hydrogens is 471 g/mol. The maximum atomic E-state index is 14.6. The van der Waals surface area contributed by atoms with Crippen LogP contribution in [0.1, 0.15) is 101 Å². The molecule has 0 aromatic heterocycles. The van der Waals surface area contributed by atoms with E-state index in [1.165, 1.54) is 76.3 Å². The third-order valence-electron chi connectivity index (χ3n) is 8.47. The SMILES string of the molecule is CCCCCC1CCC(C2CCC(c3ccc(C(F)(F)Oc4cc(F)c(F)c(F)c4)cc3)CC2)CC1. The fourth-order valence-corrected chi connectivity index (χ4v) is 6.30. The summed E-state index contributed by atoms with van der Waals surface area (Å²) in [6.45, 7) is 2.26. The summed E-state index contributed by atoms with van der Waals surface area (Å²) < 4.78 is 73.5. The Kier molecular flexibility index (Phi) is 8.95. The van der Waals surface area contributed by atoms with Crippen LogP contribution in [-0.2, 0) is 6.11 Å². The Morgan fingerprint density at radius 3 is 1.89 bits per heavy atom. The average Bonchev–Trinajstić information content (AvgIpc) is 2.88. The molecule has 0 spiro atoms. The Hall–Kier alpha value is -2.11. The summed E-state index contributed by atoms with van der Waals surface area (Å²) in [5.41, 5.74) is 0.618. The highest BCUT2D eigenvalue weighted by Gasteiger charge is 2.36. The topological polar surface area (TPSA) is 9.23 Å². The van der Waals surface area contributed by atoms with E-state index in [9.17, 15) is 22.0 Å². The molecule has 2 saturated carbocycles. The highest BCUT2D eigenvalue weighted by Crippen LogP contribution is 2.45. The first-order chi connectivity index (χ1) is 17.3. The number of rotatable bonds is 9. The minimum absolute atomic E-state index is 0.357. The highest BCUT2D eigenvalue weighted by molar-refractivity contribution is 5.30. The summed E-state index contributed by atoms with van der Waals surface area (Å²) in [5, 5.41) is 0. The molecule has 4 rings (SSSR count). The van der Waals surface area contributed by atoms with Crippen molar-refractivity contribution in [3.63, 3.8) is 0 Å². The molecule has 0 atom stereocenters. The average molecular weight is 509 g/mol. The zero-order chi connectivity index (χ0) is 25.7. The van der Waals surface area contributed by atoms with E-state index in [4.69, 9.17) is 0 Å². The molecule has 36 heavy (non-hydrogen) atoms. The van der Waals surface area contributed by atoms with Gasteiger partial charge in [-0.05, 0) is 79.9 Å². The second-order valence-corrected chi connectivity index (χ2v) is 10.8. The lowest BCUT2D eigenvalue weighted by molar-refractivity contribution is -0.185. The lowest BCUT2D eigenvalue weighted by Crippen LogP contribution is -2.25. The van der Waals surface area contributed by atoms with Crippen molar-refractivity contribution >= 4 is 0 Å². The fraction of sp³-hybridized carbons (Fsp3) is 0.600. The zero-order valence-electron chi connectivity index (χ0n) is 21.1. The summed E-state index contributed by atoms with van der Waals surface area (Å²) in [4.78, 5) is 0. The minimum atomic E-state index is -3.80. The van der Waals surface area contributed by atoms with Crippen molar-refractivity contribution in [1.29, 1.82) is 0 Å². The molecule has 0 N–H and O–H groups in total. The predicted molar refractivity (Wildman–Crippen MR) is 132 cm³/mol. The first-order valence-corrected chi connectivity index (χ1v) is 13.6. The van der Waals surface area contributed by atoms with Crippen LogP contribution >= 0.6 is 0 Å². The van der Waals surface area contributed by atoms with E-state index >= 15 is 0 Å². The monoisotopic (exact) mass is 508 g/mol. The van der Waals surface area contributed by atoms with Gasteiger partial charge in [-0.15, -0.1) is 0 Å². The molecular formula is C30H37F5O. The van der Waals surface area contributed by atoms with Gasteiger partial charge in [-0.25, -0.2) is 13.2 Å². The second kappa shape index (κ2) is 12.0. The first kappa shape index (κ1) is 26.9. The van der Waals surface area contributed by atoms with Gasteiger partial charge in [-0.1, -0.05) is 57.6 Å². The normalized spacial score (nSPS) is 25.1. The third kappa shape index (κ3) is 6.60. The van der Waals surface area contributed by atoms with Gasteiger partial charge in [-0.2, -0.15) is 8.78 Å². The first-order valence-electron chi connectivity index (χ1n) is 13.6. The number of unbranched alkanes of at least 4 members (excludes halogenated alkanes) is 2. The molecule has 0 heterocycles. The van der Waals surface area contributed by atoms with Crippen LogP contribution in [-0.4, -0.2) is 0 Å². The number of halogens is 5. The minimum Gasteiger partial charge on any atom is -0.429 e. The van der Waals surface area contributed by atoms with E-state index in [0.29, 0.717) is 18.1 Å². The molecule has 2 fully saturated rings. The van der Waals surface area contributed by atoms with Crippen LogP contribution in [0.15, 0.2) is 36.4 Å². The van der Waals surface area contributed by atoms with Gasteiger partial charge in [0.1, 0.15) is 5.75 Å². The van der Waals surface area contributed by atoms with Gasteiger partial charge in [0.2, 0.25) is 0 Å². The van der Waals surface area contributed by atoms with Crippen LogP contribution in [0, 0.1) is 35.2 Å². The van der Waals surface area contributed by atoms with Crippen molar-refractivity contribution in [3.05, 3.63) is 65.0 Å². The molecule has 0 bridgehead atoms. The quantitative estimate of drug-likeness (QED) is 0.186. The van der Waals surface area contributed by atoms with E-state index in [2.05, 4.69) is 11.7 Å². The van der Waals surface area contributed by atoms with E-state index in [-0.39, 0.29) is 0 Å². The number of ether oxygens (including phenoxy) is 1. The maximum Gasteiger partial charge on any atom is 0.426 e. The molecule has 0 aliphatic heterocycles. The Morgan fingerprint density at radius 2 is 1.33 bits per heavy atom. The standard InChI is InChI=1S/C30H37F5O/c1-2-3-4-5-20-6-8-21(9-7-20)22-10-12-23(13-11-22)24-14-16-25(17-15-24)30(34,35)36-26-18-27(31)29(33)28(32)19-26/h14-23H,2-13H2,1H3. The molecule has 0 unspecified atom stereocenters. The Labute approximate surface area is 211 Å². The van der Waals surface area contributed by atoms with E-state index in [0.717, 1.165) is 36.2 Å². The van der Waals surface area contributed by atoms with E-state index in [1.807, 2.05) is 0 Å². The summed E-state index contributed by atoms with van der Waals surface area (Å²) >= 11 is 0. The summed E-state index contributed by atoms with van der Waals surface area (Å²) in [6, 6.07) is 6.83. The summed E-state index contributed by atoms with van der Waals surface area (Å²) in [5.74, 6) is -2.74. The number of alkyl halides is 2. The Bertz CT molecular complexity index is 950. The Morgan fingerprint density at radius 1 is 0.778 bits per heavy atom. The van der Waals surface area contributed by atoms with E-state index < -0.39 is 34.9 Å². The largest absolute Gasteiger partial charge is 0.429 e. The molecule has 0 radical (unpaired) electrons. The molecule has 2 aromatic rings. The van der Waals surface area contributed by atoms with Crippen LogP contribution in [0.5, 0.6) is 5.75 Å². The molecule has 2 aromatic carbocycles. The van der Waals surface area contributed by atoms with Crippen LogP contribution in [0.25, 0.3) is 0 Å². The predicted octanol–water partition coefficient (Wildman–Crippen LogP) is 9.89. The zero-order valence-corrected chi connectivity index (χ0v) is 21.1. The lowest BCUT2D eigenvalue weighted by atomic mass is 9.68. The van der Waals surface area contributed by atoms with Gasteiger partial charge in [0.05, 0.1) is 5.56 Å². The van der Waals surface area contributed by atoms with Gasteiger partial charge >= 0.3 is 6.11 Å². The van der Waals surface area contributed by atoms with Crippen molar-refractivity contribution in [2.75, 3.05) is 0 Å². The van der Waals surface area contributed by atoms with Crippen LogP contribution in [0.2, 0.25) is 0 Å². The molecule has 2 aliphatic carbocycles. The number of hydrogen-bond donors (Lipinski definition) is 0.